The topological polar surface area (TPSA) is 58.6 Å². The number of hydrogen-bond acceptors (Lipinski definition) is 4. The number of benzene rings is 1. The largest absolute Gasteiger partial charge is 0.573 e. The third-order valence-corrected chi connectivity index (χ3v) is 4.02. The van der Waals surface area contributed by atoms with Crippen molar-refractivity contribution in [3.05, 3.63) is 52.2 Å². The van der Waals surface area contributed by atoms with Crippen LogP contribution in [0.1, 0.15) is 15.2 Å². The predicted molar refractivity (Wildman–Crippen MR) is 86.3 cm³/mol. The molecule has 0 saturated heterocycles. The summed E-state index contributed by atoms with van der Waals surface area (Å²) in [6.45, 7) is 0.0303. The molecule has 2 aromatic rings. The molecular formula is C16H15F3N2O3S. The van der Waals surface area contributed by atoms with Crippen LogP contribution in [0.4, 0.5) is 13.2 Å². The first-order valence-corrected chi connectivity index (χ1v) is 8.03. The number of rotatable bonds is 6. The molecule has 1 aromatic carbocycles. The zero-order valence-electron chi connectivity index (χ0n) is 13.2. The molecule has 0 fully saturated rings. The van der Waals surface area contributed by atoms with Gasteiger partial charge in [-0.15, -0.1) is 24.5 Å². The van der Waals surface area contributed by atoms with Crippen molar-refractivity contribution in [1.29, 1.82) is 0 Å². The number of ether oxygens (including phenoxy) is 1. The summed E-state index contributed by atoms with van der Waals surface area (Å²) in [5.74, 6) is -0.973. The van der Waals surface area contributed by atoms with Gasteiger partial charge in [-0.2, -0.15) is 0 Å². The number of halogens is 3. The van der Waals surface area contributed by atoms with E-state index in [-0.39, 0.29) is 30.7 Å². The SMILES string of the molecule is CN(Cc1ccc(OC(F)(F)F)cc1)C(=O)CNC(=O)c1cccs1. The minimum absolute atomic E-state index is 0.164. The van der Waals surface area contributed by atoms with E-state index in [4.69, 9.17) is 0 Å². The standard InChI is InChI=1S/C16H15F3N2O3S/c1-21(14(22)9-20-15(23)13-3-2-8-25-13)10-11-4-6-12(7-5-11)24-16(17,18)19/h2-8H,9-10H2,1H3,(H,20,23). The van der Waals surface area contributed by atoms with E-state index in [9.17, 15) is 22.8 Å². The van der Waals surface area contributed by atoms with Gasteiger partial charge in [-0.25, -0.2) is 0 Å². The van der Waals surface area contributed by atoms with E-state index >= 15 is 0 Å². The second-order valence-electron chi connectivity index (χ2n) is 5.10. The monoisotopic (exact) mass is 372 g/mol. The minimum atomic E-state index is -4.74. The Morgan fingerprint density at radius 2 is 1.88 bits per heavy atom. The molecule has 1 N–H and O–H groups in total. The van der Waals surface area contributed by atoms with Crippen molar-refractivity contribution in [2.75, 3.05) is 13.6 Å². The number of likely N-dealkylation sites (N-methyl/N-ethyl adjacent to an activating group) is 1. The van der Waals surface area contributed by atoms with Crippen LogP contribution in [0.3, 0.4) is 0 Å². The quantitative estimate of drug-likeness (QED) is 0.848. The lowest BCUT2D eigenvalue weighted by Crippen LogP contribution is -2.37. The van der Waals surface area contributed by atoms with Crippen molar-refractivity contribution in [2.24, 2.45) is 0 Å². The first-order chi connectivity index (χ1) is 11.7. The molecule has 0 aliphatic heterocycles. The Morgan fingerprint density at radius 3 is 2.44 bits per heavy atom. The molecule has 5 nitrogen and oxygen atoms in total. The highest BCUT2D eigenvalue weighted by Crippen LogP contribution is 2.23. The molecule has 0 aliphatic rings. The third kappa shape index (κ3) is 6.11. The van der Waals surface area contributed by atoms with Crippen LogP contribution in [0.15, 0.2) is 41.8 Å². The van der Waals surface area contributed by atoms with E-state index in [1.165, 1.54) is 40.5 Å². The summed E-state index contributed by atoms with van der Waals surface area (Å²) in [5.41, 5.74) is 0.634. The predicted octanol–water partition coefficient (Wildman–Crippen LogP) is 3.04. The van der Waals surface area contributed by atoms with Gasteiger partial charge in [0.1, 0.15) is 5.75 Å². The molecule has 9 heteroatoms. The Morgan fingerprint density at radius 1 is 1.20 bits per heavy atom. The smallest absolute Gasteiger partial charge is 0.406 e. The van der Waals surface area contributed by atoms with E-state index in [1.807, 2.05) is 0 Å². The number of nitrogens with one attached hydrogen (secondary N) is 1. The average Bonchev–Trinajstić information content (AvgIpc) is 3.07. The number of nitrogens with zero attached hydrogens (tertiary/aromatic N) is 1. The lowest BCUT2D eigenvalue weighted by Gasteiger charge is -2.18. The fraction of sp³-hybridized carbons (Fsp3) is 0.250. The Bertz CT molecular complexity index is 715. The summed E-state index contributed by atoms with van der Waals surface area (Å²) in [6, 6.07) is 8.63. The maximum absolute atomic E-state index is 12.1. The summed E-state index contributed by atoms with van der Waals surface area (Å²) in [6.07, 6.45) is -4.74. The van der Waals surface area contributed by atoms with Gasteiger partial charge in [0.25, 0.3) is 5.91 Å². The molecule has 0 atom stereocenters. The van der Waals surface area contributed by atoms with Crippen molar-refractivity contribution in [3.8, 4) is 5.75 Å². The van der Waals surface area contributed by atoms with Gasteiger partial charge in [-0.3, -0.25) is 9.59 Å². The van der Waals surface area contributed by atoms with Crippen molar-refractivity contribution in [1.82, 2.24) is 10.2 Å². The molecule has 0 saturated carbocycles. The summed E-state index contributed by atoms with van der Waals surface area (Å²) < 4.78 is 40.1. The van der Waals surface area contributed by atoms with Crippen LogP contribution in [0, 0.1) is 0 Å². The summed E-state index contributed by atoms with van der Waals surface area (Å²) in [7, 11) is 1.54. The summed E-state index contributed by atoms with van der Waals surface area (Å²) >= 11 is 1.27. The van der Waals surface area contributed by atoms with E-state index < -0.39 is 6.36 Å². The Balaban J connectivity index is 1.83. The average molecular weight is 372 g/mol. The second kappa shape index (κ2) is 8.02. The maximum atomic E-state index is 12.1. The van der Waals surface area contributed by atoms with Crippen LogP contribution < -0.4 is 10.1 Å². The molecule has 0 bridgehead atoms. The summed E-state index contributed by atoms with van der Waals surface area (Å²) in [4.78, 5) is 25.7. The number of carbonyl (C=O) groups excluding carboxylic acids is 2. The molecule has 0 unspecified atom stereocenters. The normalized spacial score (nSPS) is 11.0. The van der Waals surface area contributed by atoms with Gasteiger partial charge in [0.2, 0.25) is 5.91 Å². The van der Waals surface area contributed by atoms with Crippen molar-refractivity contribution in [2.45, 2.75) is 12.9 Å². The van der Waals surface area contributed by atoms with Crippen LogP contribution in [-0.2, 0) is 11.3 Å². The summed E-state index contributed by atoms with van der Waals surface area (Å²) in [5, 5.41) is 4.28. The van der Waals surface area contributed by atoms with Crippen molar-refractivity contribution >= 4 is 23.2 Å². The highest BCUT2D eigenvalue weighted by atomic mass is 32.1. The van der Waals surface area contributed by atoms with Gasteiger partial charge in [0.15, 0.2) is 0 Å². The van der Waals surface area contributed by atoms with Crippen LogP contribution in [0.25, 0.3) is 0 Å². The first kappa shape index (κ1) is 18.8. The number of alkyl halides is 3. The molecule has 25 heavy (non-hydrogen) atoms. The maximum Gasteiger partial charge on any atom is 0.573 e. The third-order valence-electron chi connectivity index (χ3n) is 3.15. The molecule has 0 radical (unpaired) electrons. The van der Waals surface area contributed by atoms with Gasteiger partial charge in [-0.1, -0.05) is 18.2 Å². The zero-order valence-corrected chi connectivity index (χ0v) is 14.0. The Kier molecular flexibility index (Phi) is 6.02. The zero-order chi connectivity index (χ0) is 18.4. The lowest BCUT2D eigenvalue weighted by atomic mass is 10.2. The highest BCUT2D eigenvalue weighted by molar-refractivity contribution is 7.12. The van der Waals surface area contributed by atoms with Crippen LogP contribution in [-0.4, -0.2) is 36.7 Å². The molecule has 0 spiro atoms. The molecule has 134 valence electrons. The van der Waals surface area contributed by atoms with Gasteiger partial charge in [-0.05, 0) is 29.1 Å². The van der Waals surface area contributed by atoms with Gasteiger partial charge in [0, 0.05) is 13.6 Å². The first-order valence-electron chi connectivity index (χ1n) is 7.15. The van der Waals surface area contributed by atoms with E-state index in [0.717, 1.165) is 0 Å². The minimum Gasteiger partial charge on any atom is -0.406 e. The second-order valence-corrected chi connectivity index (χ2v) is 6.05. The molecule has 0 aliphatic carbocycles. The number of carbonyl (C=O) groups is 2. The van der Waals surface area contributed by atoms with Crippen molar-refractivity contribution < 1.29 is 27.5 Å². The van der Waals surface area contributed by atoms with Gasteiger partial charge < -0.3 is 15.0 Å². The molecular weight excluding hydrogens is 357 g/mol. The number of amides is 2. The Labute approximate surface area is 146 Å². The van der Waals surface area contributed by atoms with Crippen molar-refractivity contribution in [3.63, 3.8) is 0 Å². The van der Waals surface area contributed by atoms with E-state index in [2.05, 4.69) is 10.1 Å². The number of hydrogen-bond donors (Lipinski definition) is 1. The fourth-order valence-corrected chi connectivity index (χ4v) is 2.58. The van der Waals surface area contributed by atoms with E-state index in [0.29, 0.717) is 10.4 Å². The lowest BCUT2D eigenvalue weighted by molar-refractivity contribution is -0.274. The van der Waals surface area contributed by atoms with Crippen LogP contribution in [0.2, 0.25) is 0 Å². The van der Waals surface area contributed by atoms with Gasteiger partial charge in [0.05, 0.1) is 11.4 Å². The van der Waals surface area contributed by atoms with Crippen LogP contribution in [0.5, 0.6) is 5.75 Å². The molecule has 1 aromatic heterocycles. The fourth-order valence-electron chi connectivity index (χ4n) is 1.94. The molecule has 2 rings (SSSR count). The van der Waals surface area contributed by atoms with Crippen LogP contribution >= 0.6 is 11.3 Å². The van der Waals surface area contributed by atoms with Gasteiger partial charge >= 0.3 is 6.36 Å². The Hall–Kier alpha value is -2.55. The molecule has 1 heterocycles. The number of thiophene rings is 1. The molecule has 2 amide bonds. The van der Waals surface area contributed by atoms with E-state index in [1.54, 1.807) is 24.6 Å². The highest BCUT2D eigenvalue weighted by Gasteiger charge is 2.30.